The molecule has 1 heterocycles. The summed E-state index contributed by atoms with van der Waals surface area (Å²) in [7, 11) is 0. The summed E-state index contributed by atoms with van der Waals surface area (Å²) < 4.78 is 0. The highest BCUT2D eigenvalue weighted by molar-refractivity contribution is 7.17. The fraction of sp³-hybridized carbons (Fsp3) is 0.235. The molecule has 0 radical (unpaired) electrons. The fourth-order valence-electron chi connectivity index (χ4n) is 2.02. The van der Waals surface area contributed by atoms with Crippen molar-refractivity contribution in [2.24, 2.45) is 5.10 Å². The number of carbonyl (C=O) groups is 2. The molecule has 3 rings (SSSR count). The van der Waals surface area contributed by atoms with Crippen molar-refractivity contribution in [3.8, 4) is 10.4 Å². The number of thiophene rings is 1. The van der Waals surface area contributed by atoms with Gasteiger partial charge < -0.3 is 5.32 Å². The van der Waals surface area contributed by atoms with Crippen LogP contribution in [0.15, 0.2) is 41.5 Å². The molecule has 2 aromatic rings. The van der Waals surface area contributed by atoms with Crippen LogP contribution in [-0.2, 0) is 9.59 Å². The van der Waals surface area contributed by atoms with Gasteiger partial charge in [-0.05, 0) is 49.6 Å². The van der Waals surface area contributed by atoms with Crippen LogP contribution in [0.4, 0.5) is 0 Å². The molecule has 1 aliphatic rings. The average molecular weight is 362 g/mol. The quantitative estimate of drug-likeness (QED) is 0.498. The summed E-state index contributed by atoms with van der Waals surface area (Å²) in [6, 6.07) is 11.7. The van der Waals surface area contributed by atoms with Crippen molar-refractivity contribution in [1.82, 2.24) is 10.7 Å². The van der Waals surface area contributed by atoms with E-state index in [2.05, 4.69) is 15.8 Å². The van der Waals surface area contributed by atoms with E-state index in [-0.39, 0.29) is 6.04 Å². The van der Waals surface area contributed by atoms with Gasteiger partial charge in [0, 0.05) is 15.9 Å². The topological polar surface area (TPSA) is 70.6 Å². The number of hydrazone groups is 1. The molecule has 0 bridgehead atoms. The first-order valence-electron chi connectivity index (χ1n) is 7.54. The van der Waals surface area contributed by atoms with Gasteiger partial charge in [-0.25, -0.2) is 5.43 Å². The average Bonchev–Trinajstić information content (AvgIpc) is 3.25. The summed E-state index contributed by atoms with van der Waals surface area (Å²) in [5.41, 5.74) is 4.01. The van der Waals surface area contributed by atoms with Gasteiger partial charge in [0.05, 0.1) is 10.6 Å². The number of rotatable bonds is 4. The maximum absolute atomic E-state index is 11.7. The SMILES string of the molecule is C/C(=N/NC(=O)C(=O)NC1CC1)c1ccc(-c2ccc(Cl)cc2)s1. The minimum atomic E-state index is -0.740. The van der Waals surface area contributed by atoms with Gasteiger partial charge in [0.2, 0.25) is 0 Å². The molecule has 1 aliphatic carbocycles. The smallest absolute Gasteiger partial charge is 0.329 e. The second kappa shape index (κ2) is 7.15. The lowest BCUT2D eigenvalue weighted by atomic mass is 10.2. The number of benzene rings is 1. The van der Waals surface area contributed by atoms with Crippen LogP contribution < -0.4 is 10.7 Å². The number of hydrogen-bond donors (Lipinski definition) is 2. The van der Waals surface area contributed by atoms with E-state index in [4.69, 9.17) is 11.6 Å². The highest BCUT2D eigenvalue weighted by Crippen LogP contribution is 2.29. The van der Waals surface area contributed by atoms with Crippen LogP contribution in [0.2, 0.25) is 5.02 Å². The molecule has 24 heavy (non-hydrogen) atoms. The van der Waals surface area contributed by atoms with E-state index in [9.17, 15) is 9.59 Å². The Kier molecular flexibility index (Phi) is 4.97. The highest BCUT2D eigenvalue weighted by Gasteiger charge is 2.26. The monoisotopic (exact) mass is 361 g/mol. The molecule has 0 unspecified atom stereocenters. The number of nitrogens with one attached hydrogen (secondary N) is 2. The third-order valence-corrected chi connectivity index (χ3v) is 5.03. The fourth-order valence-corrected chi connectivity index (χ4v) is 3.10. The Morgan fingerprint density at radius 3 is 2.50 bits per heavy atom. The zero-order valence-corrected chi connectivity index (χ0v) is 14.6. The standard InChI is InChI=1S/C17H16ClN3O2S/c1-10(20-21-17(23)16(22)19-13-6-7-13)14-8-9-15(24-14)11-2-4-12(18)5-3-11/h2-5,8-9,13H,6-7H2,1H3,(H,19,22)(H,21,23)/b20-10-. The van der Waals surface area contributed by atoms with Gasteiger partial charge in [0.1, 0.15) is 0 Å². The summed E-state index contributed by atoms with van der Waals surface area (Å²) in [6.07, 6.45) is 1.87. The van der Waals surface area contributed by atoms with Gasteiger partial charge in [-0.1, -0.05) is 23.7 Å². The number of amides is 2. The molecular weight excluding hydrogens is 346 g/mol. The molecule has 124 valence electrons. The molecular formula is C17H16ClN3O2S. The van der Waals surface area contributed by atoms with Gasteiger partial charge in [0.25, 0.3) is 0 Å². The van der Waals surface area contributed by atoms with Crippen molar-refractivity contribution in [1.29, 1.82) is 0 Å². The first-order valence-corrected chi connectivity index (χ1v) is 8.73. The Hall–Kier alpha value is -2.18. The van der Waals surface area contributed by atoms with Gasteiger partial charge in [-0.15, -0.1) is 11.3 Å². The van der Waals surface area contributed by atoms with Crippen LogP contribution in [0.3, 0.4) is 0 Å². The summed E-state index contributed by atoms with van der Waals surface area (Å²) >= 11 is 7.45. The summed E-state index contributed by atoms with van der Waals surface area (Å²) in [5.74, 6) is -1.38. The molecule has 1 fully saturated rings. The van der Waals surface area contributed by atoms with E-state index >= 15 is 0 Å². The highest BCUT2D eigenvalue weighted by atomic mass is 35.5. The van der Waals surface area contributed by atoms with E-state index in [0.717, 1.165) is 28.2 Å². The second-order valence-corrected chi connectivity index (χ2v) is 7.08. The number of hydrogen-bond acceptors (Lipinski definition) is 4. The summed E-state index contributed by atoms with van der Waals surface area (Å²) in [6.45, 7) is 1.79. The van der Waals surface area contributed by atoms with E-state index in [0.29, 0.717) is 10.7 Å². The Morgan fingerprint density at radius 1 is 1.12 bits per heavy atom. The maximum Gasteiger partial charge on any atom is 0.329 e. The maximum atomic E-state index is 11.7. The molecule has 0 saturated heterocycles. The first kappa shape index (κ1) is 16.7. The van der Waals surface area contributed by atoms with Crippen LogP contribution in [0.5, 0.6) is 0 Å². The Bertz CT molecular complexity index is 794. The van der Waals surface area contributed by atoms with Crippen molar-refractivity contribution in [2.45, 2.75) is 25.8 Å². The lowest BCUT2D eigenvalue weighted by Crippen LogP contribution is -2.39. The minimum Gasteiger partial charge on any atom is -0.345 e. The molecule has 1 aromatic carbocycles. The zero-order valence-electron chi connectivity index (χ0n) is 13.0. The van der Waals surface area contributed by atoms with Crippen LogP contribution in [0.25, 0.3) is 10.4 Å². The number of nitrogens with zero attached hydrogens (tertiary/aromatic N) is 1. The predicted octanol–water partition coefficient (Wildman–Crippen LogP) is 3.19. The van der Waals surface area contributed by atoms with E-state index in [1.807, 2.05) is 36.4 Å². The van der Waals surface area contributed by atoms with Crippen LogP contribution in [0, 0.1) is 0 Å². The van der Waals surface area contributed by atoms with E-state index < -0.39 is 11.8 Å². The second-order valence-electron chi connectivity index (χ2n) is 5.56. The van der Waals surface area contributed by atoms with Crippen LogP contribution in [-0.4, -0.2) is 23.6 Å². The van der Waals surface area contributed by atoms with Crippen LogP contribution >= 0.6 is 22.9 Å². The Balaban J connectivity index is 1.64. The minimum absolute atomic E-state index is 0.146. The summed E-state index contributed by atoms with van der Waals surface area (Å²) in [4.78, 5) is 25.2. The van der Waals surface area contributed by atoms with Crippen molar-refractivity contribution < 1.29 is 9.59 Å². The van der Waals surface area contributed by atoms with E-state index in [1.54, 1.807) is 18.3 Å². The van der Waals surface area contributed by atoms with Crippen molar-refractivity contribution in [2.75, 3.05) is 0 Å². The van der Waals surface area contributed by atoms with Crippen molar-refractivity contribution in [3.05, 3.63) is 46.3 Å². The van der Waals surface area contributed by atoms with E-state index in [1.165, 1.54) is 0 Å². The summed E-state index contributed by atoms with van der Waals surface area (Å²) in [5, 5.41) is 7.32. The van der Waals surface area contributed by atoms with Crippen LogP contribution in [0.1, 0.15) is 24.6 Å². The molecule has 7 heteroatoms. The van der Waals surface area contributed by atoms with Gasteiger partial charge in [0.15, 0.2) is 0 Å². The number of carbonyl (C=O) groups excluding carboxylic acids is 2. The molecule has 1 aromatic heterocycles. The lowest BCUT2D eigenvalue weighted by Gasteiger charge is -2.02. The normalized spacial score (nSPS) is 14.3. The van der Waals surface area contributed by atoms with Gasteiger partial charge >= 0.3 is 11.8 Å². The first-order chi connectivity index (χ1) is 11.5. The molecule has 2 N–H and O–H groups in total. The van der Waals surface area contributed by atoms with Crippen molar-refractivity contribution in [3.63, 3.8) is 0 Å². The number of halogens is 1. The molecule has 0 aliphatic heterocycles. The molecule has 5 nitrogen and oxygen atoms in total. The predicted molar refractivity (Wildman–Crippen MR) is 96.3 cm³/mol. The largest absolute Gasteiger partial charge is 0.345 e. The zero-order chi connectivity index (χ0) is 17.1. The van der Waals surface area contributed by atoms with Gasteiger partial charge in [-0.2, -0.15) is 5.10 Å². The van der Waals surface area contributed by atoms with Gasteiger partial charge in [-0.3, -0.25) is 9.59 Å². The molecule has 0 atom stereocenters. The third kappa shape index (κ3) is 4.21. The Labute approximate surface area is 148 Å². The molecule has 0 spiro atoms. The van der Waals surface area contributed by atoms with Crippen molar-refractivity contribution >= 4 is 40.5 Å². The molecule has 1 saturated carbocycles. The lowest BCUT2D eigenvalue weighted by molar-refractivity contribution is -0.139. The Morgan fingerprint density at radius 2 is 1.83 bits per heavy atom. The molecule has 2 amide bonds. The third-order valence-electron chi connectivity index (χ3n) is 3.54.